The molecule has 0 aromatic heterocycles. The minimum absolute atomic E-state index is 0.000786. The fourth-order valence-electron chi connectivity index (χ4n) is 8.31. The molecule has 2 amide bonds. The summed E-state index contributed by atoms with van der Waals surface area (Å²) in [5.41, 5.74) is 3.69. The standard InChI is InChI=1S/C70H76Cl2N2O15S3/c1-46(2)65(76)81-37-9-10-64(75)87-58(43-90-62-31-19-53(71)20-32-62)40-84-55-23-13-50(14-24-55)70(8,51-15-25-56(26-16-51)85-41-59(44-91-61-29-11-49(7)12-30-61)88-68(79)73-35-38-82-66(77)47(3)4)52-17-27-57(28-18-52)86-42-60(45-92-63-33-21-54(72)22-34-63)89-69(80)74-36-39-83-67(78)48(5)6/h11-34,58-60H,1,3,5,9-10,35-45H2,2,4,6-8H3,(H,73,79)(H,74,80). The first-order chi connectivity index (χ1) is 44.1. The molecule has 4 atom stereocenters. The Balaban J connectivity index is 1.22. The molecule has 6 rings (SSSR count). The second kappa shape index (κ2) is 38.1. The lowest BCUT2D eigenvalue weighted by molar-refractivity contribution is -0.150. The Morgan fingerprint density at radius 3 is 1.11 bits per heavy atom. The molecule has 0 bridgehead atoms. The van der Waals surface area contributed by atoms with Crippen molar-refractivity contribution in [3.05, 3.63) is 214 Å². The average molecular weight is 1350 g/mol. The Labute approximate surface area is 560 Å². The maximum Gasteiger partial charge on any atom is 0.407 e. The molecule has 0 spiro atoms. The normalized spacial score (nSPS) is 12.5. The van der Waals surface area contributed by atoms with Crippen LogP contribution in [0.5, 0.6) is 17.2 Å². The molecule has 6 aromatic rings. The van der Waals surface area contributed by atoms with E-state index in [1.807, 2.05) is 128 Å². The Morgan fingerprint density at radius 2 is 0.772 bits per heavy atom. The van der Waals surface area contributed by atoms with Gasteiger partial charge in [0.15, 0.2) is 0 Å². The molecule has 17 nitrogen and oxygen atoms in total. The van der Waals surface area contributed by atoms with Crippen LogP contribution in [0.3, 0.4) is 0 Å². The third-order valence-corrected chi connectivity index (χ3v) is 17.4. The van der Waals surface area contributed by atoms with Crippen molar-refractivity contribution < 1.29 is 71.4 Å². The van der Waals surface area contributed by atoms with Crippen LogP contribution in [0.2, 0.25) is 10.0 Å². The summed E-state index contributed by atoms with van der Waals surface area (Å²) < 4.78 is 52.0. The van der Waals surface area contributed by atoms with Crippen LogP contribution in [-0.4, -0.2) is 124 Å². The summed E-state index contributed by atoms with van der Waals surface area (Å²) in [6.45, 7) is 19.5. The quantitative estimate of drug-likeness (QED) is 0.00927. The molecule has 0 aliphatic rings. The van der Waals surface area contributed by atoms with E-state index in [9.17, 15) is 28.8 Å². The van der Waals surface area contributed by atoms with Crippen molar-refractivity contribution in [1.29, 1.82) is 0 Å². The van der Waals surface area contributed by atoms with Gasteiger partial charge in [-0.05, 0) is 155 Å². The van der Waals surface area contributed by atoms with Crippen molar-refractivity contribution >= 4 is 94.6 Å². The smallest absolute Gasteiger partial charge is 0.407 e. The summed E-state index contributed by atoms with van der Waals surface area (Å²) in [6.07, 6.45) is -3.18. The third kappa shape index (κ3) is 25.6. The number of carbonyl (C=O) groups is 6. The SMILES string of the molecule is C=C(C)C(=O)OCCCC(=O)OC(COc1ccc(C(C)(c2ccc(OCC(CSc3ccc(C)cc3)OC(=O)NCCOC(=O)C(=C)C)cc2)c2ccc(OCC(CSc3ccc(Cl)cc3)OC(=O)NCCOC(=O)C(=C)C)cc2)cc1)CSc1ccc(Cl)cc1. The number of rotatable bonds is 37. The number of nitrogens with one attached hydrogen (secondary N) is 2. The van der Waals surface area contributed by atoms with Crippen LogP contribution in [0.4, 0.5) is 9.59 Å². The van der Waals surface area contributed by atoms with Gasteiger partial charge < -0.3 is 53.3 Å². The third-order valence-electron chi connectivity index (χ3n) is 13.4. The first-order valence-corrected chi connectivity index (χ1v) is 33.1. The van der Waals surface area contributed by atoms with Crippen LogP contribution in [0.1, 0.15) is 62.8 Å². The van der Waals surface area contributed by atoms with Crippen molar-refractivity contribution in [2.45, 2.75) is 85.9 Å². The van der Waals surface area contributed by atoms with Gasteiger partial charge in [0.05, 0.1) is 19.7 Å². The Kier molecular flexibility index (Phi) is 30.3. The van der Waals surface area contributed by atoms with Crippen LogP contribution in [0.15, 0.2) is 197 Å². The molecular formula is C70H76Cl2N2O15S3. The Bertz CT molecular complexity index is 3050. The fourth-order valence-corrected chi connectivity index (χ4v) is 11.2. The van der Waals surface area contributed by atoms with Gasteiger partial charge in [-0.2, -0.15) is 0 Å². The molecule has 2 N–H and O–H groups in total. The van der Waals surface area contributed by atoms with Crippen LogP contribution < -0.4 is 24.8 Å². The highest BCUT2D eigenvalue weighted by Crippen LogP contribution is 2.41. The van der Waals surface area contributed by atoms with Gasteiger partial charge in [0.1, 0.15) is 68.6 Å². The number of halogens is 2. The molecule has 0 heterocycles. The molecule has 92 heavy (non-hydrogen) atoms. The number of thioether (sulfide) groups is 3. The summed E-state index contributed by atoms with van der Waals surface area (Å²) in [5.74, 6) is 0.526. The number of ether oxygens (including phenoxy) is 9. The van der Waals surface area contributed by atoms with Gasteiger partial charge in [0.25, 0.3) is 0 Å². The van der Waals surface area contributed by atoms with Gasteiger partial charge >= 0.3 is 36.1 Å². The molecule has 0 aliphatic carbocycles. The van der Waals surface area contributed by atoms with Crippen molar-refractivity contribution in [1.82, 2.24) is 10.6 Å². The Hall–Kier alpha value is -8.01. The van der Waals surface area contributed by atoms with E-state index in [1.54, 1.807) is 31.2 Å². The lowest BCUT2D eigenvalue weighted by atomic mass is 9.71. The van der Waals surface area contributed by atoms with Crippen LogP contribution in [0.25, 0.3) is 0 Å². The number of carbonyl (C=O) groups excluding carboxylic acids is 6. The van der Waals surface area contributed by atoms with Crippen LogP contribution in [0, 0.1) is 6.92 Å². The van der Waals surface area contributed by atoms with Gasteiger partial charge in [0.2, 0.25) is 0 Å². The molecule has 488 valence electrons. The number of alkyl carbamates (subject to hydrolysis) is 2. The van der Waals surface area contributed by atoms with E-state index >= 15 is 0 Å². The number of amides is 2. The monoisotopic (exact) mass is 1350 g/mol. The van der Waals surface area contributed by atoms with Crippen LogP contribution in [-0.2, 0) is 53.0 Å². The van der Waals surface area contributed by atoms with E-state index in [0.717, 1.165) is 36.9 Å². The maximum absolute atomic E-state index is 13.1. The van der Waals surface area contributed by atoms with E-state index in [2.05, 4.69) is 37.3 Å². The second-order valence-electron chi connectivity index (χ2n) is 21.2. The minimum Gasteiger partial charge on any atom is -0.490 e. The first-order valence-electron chi connectivity index (χ1n) is 29.4. The topological polar surface area (TPSA) is 210 Å². The van der Waals surface area contributed by atoms with Crippen LogP contribution >= 0.6 is 58.5 Å². The number of aryl methyl sites for hydroxylation is 1. The molecule has 6 aromatic carbocycles. The number of hydrogen-bond donors (Lipinski definition) is 2. The molecule has 0 fully saturated rings. The van der Waals surface area contributed by atoms with Gasteiger partial charge in [-0.3, -0.25) is 4.79 Å². The van der Waals surface area contributed by atoms with Crippen molar-refractivity contribution in [2.24, 2.45) is 0 Å². The zero-order chi connectivity index (χ0) is 66.4. The molecule has 0 saturated heterocycles. The van der Waals surface area contributed by atoms with E-state index in [0.29, 0.717) is 44.6 Å². The summed E-state index contributed by atoms with van der Waals surface area (Å²) >= 11 is 16.8. The predicted molar refractivity (Wildman–Crippen MR) is 361 cm³/mol. The first kappa shape index (κ1) is 73.0. The number of esters is 4. The van der Waals surface area contributed by atoms with Gasteiger partial charge in [0, 0.05) is 70.5 Å². The van der Waals surface area contributed by atoms with Gasteiger partial charge in [-0.15, -0.1) is 35.3 Å². The lowest BCUT2D eigenvalue weighted by Gasteiger charge is -2.32. The predicted octanol–water partition coefficient (Wildman–Crippen LogP) is 14.4. The summed E-state index contributed by atoms with van der Waals surface area (Å²) in [4.78, 5) is 77.6. The van der Waals surface area contributed by atoms with Crippen molar-refractivity contribution in [3.63, 3.8) is 0 Å². The number of hydrogen-bond acceptors (Lipinski definition) is 18. The minimum atomic E-state index is -0.827. The zero-order valence-electron chi connectivity index (χ0n) is 52.0. The maximum atomic E-state index is 13.1. The van der Waals surface area contributed by atoms with E-state index in [-0.39, 0.29) is 82.3 Å². The molecular weight excluding hydrogens is 1280 g/mol. The second-order valence-corrected chi connectivity index (χ2v) is 25.3. The average Bonchev–Trinajstić information content (AvgIpc) is 0.776. The van der Waals surface area contributed by atoms with Gasteiger partial charge in [-0.1, -0.05) is 97.0 Å². The fraction of sp³-hybridized carbons (Fsp3) is 0.314. The largest absolute Gasteiger partial charge is 0.490 e. The zero-order valence-corrected chi connectivity index (χ0v) is 56.0. The molecule has 0 radical (unpaired) electrons. The van der Waals surface area contributed by atoms with E-state index < -0.39 is 59.8 Å². The van der Waals surface area contributed by atoms with E-state index in [4.69, 9.17) is 65.8 Å². The van der Waals surface area contributed by atoms with Crippen molar-refractivity contribution in [2.75, 3.05) is 70.0 Å². The number of benzene rings is 6. The summed E-state index contributed by atoms with van der Waals surface area (Å²) in [6, 6.07) is 45.6. The summed E-state index contributed by atoms with van der Waals surface area (Å²) in [5, 5.41) is 6.45. The molecule has 0 aliphatic heterocycles. The lowest BCUT2D eigenvalue weighted by Crippen LogP contribution is -2.35. The van der Waals surface area contributed by atoms with E-state index in [1.165, 1.54) is 49.1 Å². The highest BCUT2D eigenvalue weighted by atomic mass is 35.5. The highest BCUT2D eigenvalue weighted by Gasteiger charge is 2.32. The Morgan fingerprint density at radius 1 is 0.457 bits per heavy atom. The molecule has 4 unspecified atom stereocenters. The summed E-state index contributed by atoms with van der Waals surface area (Å²) in [7, 11) is 0. The highest BCUT2D eigenvalue weighted by molar-refractivity contribution is 7.99. The van der Waals surface area contributed by atoms with Gasteiger partial charge in [-0.25, -0.2) is 24.0 Å². The molecule has 22 heteroatoms. The molecule has 0 saturated carbocycles. The van der Waals surface area contributed by atoms with Crippen molar-refractivity contribution in [3.8, 4) is 17.2 Å².